The lowest BCUT2D eigenvalue weighted by atomic mass is 10.2. The second-order valence-corrected chi connectivity index (χ2v) is 7.15. The molecule has 1 heterocycles. The predicted molar refractivity (Wildman–Crippen MR) is 114 cm³/mol. The van der Waals surface area contributed by atoms with E-state index in [1.165, 1.54) is 0 Å². The second-order valence-electron chi connectivity index (χ2n) is 7.15. The molecule has 0 bridgehead atoms. The molecule has 3 aromatic carbocycles. The summed E-state index contributed by atoms with van der Waals surface area (Å²) in [5.74, 6) is 0. The SMILES string of the molecule is c1ccc(CON2CN(OCc3ccccc3)CN(OCc3ccccc3)C2)cc1. The number of benzene rings is 3. The summed E-state index contributed by atoms with van der Waals surface area (Å²) in [6.07, 6.45) is 0. The molecule has 4 rings (SSSR count). The lowest BCUT2D eigenvalue weighted by Gasteiger charge is -2.39. The van der Waals surface area contributed by atoms with E-state index in [2.05, 4.69) is 36.4 Å². The van der Waals surface area contributed by atoms with Crippen molar-refractivity contribution in [3.8, 4) is 0 Å². The Balaban J connectivity index is 1.34. The molecule has 0 N–H and O–H groups in total. The highest BCUT2D eigenvalue weighted by Crippen LogP contribution is 2.14. The number of hydrogen-bond donors (Lipinski definition) is 0. The molecular formula is C24H27N3O3. The first-order valence-electron chi connectivity index (χ1n) is 10.1. The van der Waals surface area contributed by atoms with Gasteiger partial charge >= 0.3 is 0 Å². The van der Waals surface area contributed by atoms with Crippen LogP contribution in [0.4, 0.5) is 0 Å². The molecule has 0 atom stereocenters. The molecule has 0 radical (unpaired) electrons. The van der Waals surface area contributed by atoms with Crippen molar-refractivity contribution in [2.45, 2.75) is 19.8 Å². The van der Waals surface area contributed by atoms with Crippen LogP contribution in [0.15, 0.2) is 91.0 Å². The van der Waals surface area contributed by atoms with E-state index < -0.39 is 0 Å². The second kappa shape index (κ2) is 11.0. The van der Waals surface area contributed by atoms with Crippen LogP contribution in [0.5, 0.6) is 0 Å². The Morgan fingerprint density at radius 2 is 0.700 bits per heavy atom. The molecule has 0 aromatic heterocycles. The van der Waals surface area contributed by atoms with Crippen molar-refractivity contribution in [1.29, 1.82) is 0 Å². The number of nitrogens with zero attached hydrogens (tertiary/aromatic N) is 3. The monoisotopic (exact) mass is 405 g/mol. The summed E-state index contributed by atoms with van der Waals surface area (Å²) >= 11 is 0. The van der Waals surface area contributed by atoms with Crippen LogP contribution in [0.25, 0.3) is 0 Å². The average molecular weight is 405 g/mol. The Bertz CT molecular complexity index is 741. The fourth-order valence-electron chi connectivity index (χ4n) is 3.13. The highest BCUT2D eigenvalue weighted by Gasteiger charge is 2.26. The van der Waals surface area contributed by atoms with Gasteiger partial charge in [0.2, 0.25) is 0 Å². The van der Waals surface area contributed by atoms with E-state index in [4.69, 9.17) is 14.5 Å². The van der Waals surface area contributed by atoms with E-state index in [0.717, 1.165) is 16.7 Å². The van der Waals surface area contributed by atoms with Gasteiger partial charge in [-0.25, -0.2) is 0 Å². The molecule has 1 aliphatic rings. The minimum Gasteiger partial charge on any atom is -0.292 e. The Labute approximate surface area is 177 Å². The van der Waals surface area contributed by atoms with Crippen molar-refractivity contribution < 1.29 is 14.5 Å². The van der Waals surface area contributed by atoms with E-state index in [1.54, 1.807) is 0 Å². The van der Waals surface area contributed by atoms with E-state index >= 15 is 0 Å². The standard InChI is InChI=1S/C24H27N3O3/c1-4-10-22(11-5-1)16-28-25-19-26(29-17-23-12-6-2-7-13-23)21-27(20-25)30-18-24-14-8-3-9-15-24/h1-15H,16-21H2. The van der Waals surface area contributed by atoms with E-state index in [0.29, 0.717) is 39.8 Å². The molecule has 30 heavy (non-hydrogen) atoms. The third kappa shape index (κ3) is 6.47. The number of rotatable bonds is 9. The van der Waals surface area contributed by atoms with E-state index in [9.17, 15) is 0 Å². The quantitative estimate of drug-likeness (QED) is 0.532. The first-order chi connectivity index (χ1) is 14.8. The maximum Gasteiger partial charge on any atom is 0.103 e. The summed E-state index contributed by atoms with van der Waals surface area (Å²) in [5, 5.41) is 5.56. The predicted octanol–water partition coefficient (Wildman–Crippen LogP) is 4.17. The van der Waals surface area contributed by atoms with Crippen LogP contribution in [-0.2, 0) is 34.3 Å². The maximum atomic E-state index is 6.02. The first kappa shape index (κ1) is 20.7. The van der Waals surface area contributed by atoms with Gasteiger partial charge in [0.15, 0.2) is 0 Å². The Hall–Kier alpha value is -2.58. The van der Waals surface area contributed by atoms with Gasteiger partial charge in [-0.15, -0.1) is 0 Å². The van der Waals surface area contributed by atoms with Crippen LogP contribution < -0.4 is 0 Å². The maximum absolute atomic E-state index is 6.02. The Morgan fingerprint density at radius 1 is 0.433 bits per heavy atom. The topological polar surface area (TPSA) is 37.4 Å². The van der Waals surface area contributed by atoms with Crippen molar-refractivity contribution in [2.24, 2.45) is 0 Å². The third-order valence-electron chi connectivity index (χ3n) is 4.72. The molecule has 0 unspecified atom stereocenters. The fourth-order valence-corrected chi connectivity index (χ4v) is 3.13. The van der Waals surface area contributed by atoms with Gasteiger partial charge < -0.3 is 0 Å². The normalized spacial score (nSPS) is 16.0. The molecule has 3 aromatic rings. The molecular weight excluding hydrogens is 378 g/mol. The highest BCUT2D eigenvalue weighted by atomic mass is 16.8. The largest absolute Gasteiger partial charge is 0.292 e. The van der Waals surface area contributed by atoms with Crippen LogP contribution in [0, 0.1) is 0 Å². The molecule has 6 heteroatoms. The summed E-state index contributed by atoms with van der Waals surface area (Å²) in [6, 6.07) is 30.4. The molecule has 0 saturated carbocycles. The minimum absolute atomic E-state index is 0.500. The van der Waals surface area contributed by atoms with Crippen LogP contribution in [0.1, 0.15) is 16.7 Å². The minimum atomic E-state index is 0.500. The smallest absolute Gasteiger partial charge is 0.103 e. The average Bonchev–Trinajstić information content (AvgIpc) is 2.82. The van der Waals surface area contributed by atoms with Crippen LogP contribution in [0.2, 0.25) is 0 Å². The van der Waals surface area contributed by atoms with Gasteiger partial charge in [-0.3, -0.25) is 14.5 Å². The van der Waals surface area contributed by atoms with Gasteiger partial charge in [0.25, 0.3) is 0 Å². The van der Waals surface area contributed by atoms with Crippen molar-refractivity contribution in [3.63, 3.8) is 0 Å². The van der Waals surface area contributed by atoms with Gasteiger partial charge in [0.05, 0.1) is 19.8 Å². The van der Waals surface area contributed by atoms with Crippen molar-refractivity contribution in [3.05, 3.63) is 108 Å². The van der Waals surface area contributed by atoms with Crippen LogP contribution >= 0.6 is 0 Å². The van der Waals surface area contributed by atoms with Crippen molar-refractivity contribution >= 4 is 0 Å². The van der Waals surface area contributed by atoms with Crippen molar-refractivity contribution in [1.82, 2.24) is 15.2 Å². The summed E-state index contributed by atoms with van der Waals surface area (Å²) in [6.45, 7) is 3.10. The molecule has 0 amide bonds. The molecule has 1 saturated heterocycles. The number of hydrogen-bond acceptors (Lipinski definition) is 6. The molecule has 0 spiro atoms. The van der Waals surface area contributed by atoms with Gasteiger partial charge in [-0.2, -0.15) is 15.2 Å². The molecule has 1 aliphatic heterocycles. The summed E-state index contributed by atoms with van der Waals surface area (Å²) in [7, 11) is 0. The van der Waals surface area contributed by atoms with Crippen molar-refractivity contribution in [2.75, 3.05) is 20.0 Å². The van der Waals surface area contributed by atoms with Gasteiger partial charge in [-0.05, 0) is 16.7 Å². The summed E-state index contributed by atoms with van der Waals surface area (Å²) in [5.41, 5.74) is 3.37. The highest BCUT2D eigenvalue weighted by molar-refractivity contribution is 5.14. The van der Waals surface area contributed by atoms with E-state index in [-0.39, 0.29) is 0 Å². The number of hydroxylamine groups is 6. The molecule has 0 aliphatic carbocycles. The fraction of sp³-hybridized carbons (Fsp3) is 0.250. The summed E-state index contributed by atoms with van der Waals surface area (Å²) in [4.78, 5) is 18.1. The van der Waals surface area contributed by atoms with Crippen LogP contribution in [0.3, 0.4) is 0 Å². The van der Waals surface area contributed by atoms with Gasteiger partial charge in [0, 0.05) is 0 Å². The Kier molecular flexibility index (Phi) is 7.57. The molecule has 156 valence electrons. The lowest BCUT2D eigenvalue weighted by molar-refractivity contribution is -0.373. The van der Waals surface area contributed by atoms with Gasteiger partial charge in [0.1, 0.15) is 20.0 Å². The molecule has 6 nitrogen and oxygen atoms in total. The zero-order chi connectivity index (χ0) is 20.4. The Morgan fingerprint density at radius 3 is 0.967 bits per heavy atom. The van der Waals surface area contributed by atoms with Crippen LogP contribution in [-0.4, -0.2) is 35.2 Å². The lowest BCUT2D eigenvalue weighted by Crippen LogP contribution is -2.54. The van der Waals surface area contributed by atoms with E-state index in [1.807, 2.05) is 69.8 Å². The summed E-state index contributed by atoms with van der Waals surface area (Å²) < 4.78 is 0. The third-order valence-corrected chi connectivity index (χ3v) is 4.72. The zero-order valence-corrected chi connectivity index (χ0v) is 17.0. The van der Waals surface area contributed by atoms with Gasteiger partial charge in [-0.1, -0.05) is 91.0 Å². The molecule has 1 fully saturated rings. The first-order valence-corrected chi connectivity index (χ1v) is 10.1. The zero-order valence-electron chi connectivity index (χ0n) is 17.0.